The molecule has 0 N–H and O–H groups in total. The van der Waals surface area contributed by atoms with Gasteiger partial charge in [0.15, 0.2) is 0 Å². The van der Waals surface area contributed by atoms with E-state index in [0.717, 1.165) is 51.0 Å². The monoisotopic (exact) mass is 498 g/mol. The summed E-state index contributed by atoms with van der Waals surface area (Å²) in [4.78, 5) is 4.41. The zero-order valence-electron chi connectivity index (χ0n) is 24.0. The van der Waals surface area contributed by atoms with Crippen molar-refractivity contribution in [3.8, 4) is 0 Å². The van der Waals surface area contributed by atoms with Crippen LogP contribution >= 0.6 is 0 Å². The summed E-state index contributed by atoms with van der Waals surface area (Å²) in [6.45, 7) is 18.6. The van der Waals surface area contributed by atoms with Gasteiger partial charge in [0.05, 0.1) is 19.8 Å². The zero-order valence-corrected chi connectivity index (χ0v) is 24.0. The molecule has 1 aliphatic heterocycles. The number of nitrogens with zero attached hydrogens (tertiary/aromatic N) is 2. The second-order valence-corrected chi connectivity index (χ2v) is 9.97. The van der Waals surface area contributed by atoms with Crippen LogP contribution in [-0.4, -0.2) is 58.3 Å². The van der Waals surface area contributed by atoms with E-state index in [1.54, 1.807) is 0 Å². The SMILES string of the molecule is C=C(COCCOCCCC)N(C)/C=C(\C)C(=C(C)CC)c1cc(C)ccc1N(C)C1CCCCO1. The number of hydrogen-bond acceptors (Lipinski definition) is 5. The molecule has 1 aromatic carbocycles. The lowest BCUT2D eigenvalue weighted by atomic mass is 9.90. The summed E-state index contributed by atoms with van der Waals surface area (Å²) in [6.07, 6.45) is 8.97. The van der Waals surface area contributed by atoms with E-state index in [2.05, 4.69) is 82.4 Å². The molecular weight excluding hydrogens is 448 g/mol. The van der Waals surface area contributed by atoms with E-state index in [1.165, 1.54) is 40.0 Å². The fourth-order valence-electron chi connectivity index (χ4n) is 4.50. The van der Waals surface area contributed by atoms with Gasteiger partial charge in [0, 0.05) is 50.5 Å². The van der Waals surface area contributed by atoms with E-state index in [-0.39, 0.29) is 6.23 Å². The Labute approximate surface area is 220 Å². The Hall–Kier alpha value is -2.08. The van der Waals surface area contributed by atoms with Gasteiger partial charge in [-0.3, -0.25) is 0 Å². The first-order chi connectivity index (χ1) is 17.3. The van der Waals surface area contributed by atoms with Crippen molar-refractivity contribution in [3.05, 3.63) is 58.9 Å². The molecule has 36 heavy (non-hydrogen) atoms. The molecule has 1 aliphatic rings. The van der Waals surface area contributed by atoms with Gasteiger partial charge in [-0.1, -0.05) is 44.1 Å². The van der Waals surface area contributed by atoms with E-state index in [1.807, 2.05) is 7.05 Å². The smallest absolute Gasteiger partial charge is 0.129 e. The van der Waals surface area contributed by atoms with Crippen LogP contribution in [0.4, 0.5) is 5.69 Å². The summed E-state index contributed by atoms with van der Waals surface area (Å²) < 4.78 is 17.5. The molecule has 0 radical (unpaired) electrons. The predicted octanol–water partition coefficient (Wildman–Crippen LogP) is 7.32. The van der Waals surface area contributed by atoms with Gasteiger partial charge in [-0.15, -0.1) is 0 Å². The first-order valence-electron chi connectivity index (χ1n) is 13.7. The highest BCUT2D eigenvalue weighted by molar-refractivity contribution is 5.87. The largest absolute Gasteiger partial charge is 0.379 e. The van der Waals surface area contributed by atoms with Gasteiger partial charge in [-0.05, 0) is 76.2 Å². The van der Waals surface area contributed by atoms with E-state index in [0.29, 0.717) is 19.8 Å². The zero-order chi connectivity index (χ0) is 26.5. The fourth-order valence-corrected chi connectivity index (χ4v) is 4.50. The minimum absolute atomic E-state index is 0.123. The number of ether oxygens (including phenoxy) is 3. The van der Waals surface area contributed by atoms with Gasteiger partial charge in [0.2, 0.25) is 0 Å². The lowest BCUT2D eigenvalue weighted by molar-refractivity contribution is 0.0174. The quantitative estimate of drug-likeness (QED) is 0.187. The molecule has 1 saturated heterocycles. The topological polar surface area (TPSA) is 34.2 Å². The molecule has 1 atom stereocenters. The molecule has 1 unspecified atom stereocenters. The Kier molecular flexibility index (Phi) is 13.3. The highest BCUT2D eigenvalue weighted by Gasteiger charge is 2.23. The molecule has 0 amide bonds. The molecule has 0 aromatic heterocycles. The van der Waals surface area contributed by atoms with Gasteiger partial charge in [0.1, 0.15) is 6.23 Å². The molecule has 202 valence electrons. The second-order valence-electron chi connectivity index (χ2n) is 9.97. The molecule has 1 heterocycles. The number of hydrogen-bond donors (Lipinski definition) is 0. The summed E-state index contributed by atoms with van der Waals surface area (Å²) in [7, 11) is 4.21. The van der Waals surface area contributed by atoms with Crippen LogP contribution < -0.4 is 4.90 Å². The normalized spacial score (nSPS) is 17.1. The van der Waals surface area contributed by atoms with E-state index < -0.39 is 0 Å². The number of likely N-dealkylation sites (N-methyl/N-ethyl adjacent to an activating group) is 1. The van der Waals surface area contributed by atoms with Crippen LogP contribution in [0.2, 0.25) is 0 Å². The van der Waals surface area contributed by atoms with Crippen molar-refractivity contribution < 1.29 is 14.2 Å². The first-order valence-corrected chi connectivity index (χ1v) is 13.7. The van der Waals surface area contributed by atoms with E-state index in [9.17, 15) is 0 Å². The maximum atomic E-state index is 6.13. The highest BCUT2D eigenvalue weighted by atomic mass is 16.5. The van der Waals surface area contributed by atoms with Crippen molar-refractivity contribution in [1.82, 2.24) is 4.90 Å². The average Bonchev–Trinajstić information content (AvgIpc) is 2.88. The molecule has 2 rings (SSSR count). The number of rotatable bonds is 15. The molecule has 1 aromatic rings. The minimum atomic E-state index is 0.123. The Morgan fingerprint density at radius 1 is 1.11 bits per heavy atom. The number of aryl methyl sites for hydroxylation is 1. The van der Waals surface area contributed by atoms with Crippen molar-refractivity contribution in [2.45, 2.75) is 79.4 Å². The van der Waals surface area contributed by atoms with Crippen molar-refractivity contribution >= 4 is 11.3 Å². The third kappa shape index (κ3) is 9.10. The lowest BCUT2D eigenvalue weighted by Crippen LogP contribution is -2.37. The summed E-state index contributed by atoms with van der Waals surface area (Å²) in [5.41, 5.74) is 8.54. The van der Waals surface area contributed by atoms with Crippen LogP contribution in [0.5, 0.6) is 0 Å². The number of anilines is 1. The van der Waals surface area contributed by atoms with Crippen LogP contribution in [0.1, 0.15) is 77.3 Å². The van der Waals surface area contributed by atoms with Crippen molar-refractivity contribution in [2.24, 2.45) is 0 Å². The maximum absolute atomic E-state index is 6.13. The lowest BCUT2D eigenvalue weighted by Gasteiger charge is -2.35. The third-order valence-corrected chi connectivity index (χ3v) is 6.91. The van der Waals surface area contributed by atoms with Gasteiger partial charge in [-0.25, -0.2) is 0 Å². The standard InChI is InChI=1S/C31H50N2O3/c1-9-11-17-34-19-20-35-23-27(6)32(7)22-26(5)31(25(4)10-2)28-21-24(3)15-16-29(28)33(8)30-14-12-13-18-36-30/h15-16,21-22,30H,6,9-14,17-20,23H2,1-5,7-8H3/b26-22+,31-25?. The summed E-state index contributed by atoms with van der Waals surface area (Å²) >= 11 is 0. The summed E-state index contributed by atoms with van der Waals surface area (Å²) in [6, 6.07) is 6.77. The fraction of sp³-hybridized carbons (Fsp3) is 0.613. The van der Waals surface area contributed by atoms with Crippen molar-refractivity contribution in [3.63, 3.8) is 0 Å². The molecular formula is C31H50N2O3. The van der Waals surface area contributed by atoms with Crippen molar-refractivity contribution in [2.75, 3.05) is 52.0 Å². The van der Waals surface area contributed by atoms with E-state index >= 15 is 0 Å². The Balaban J connectivity index is 2.20. The maximum Gasteiger partial charge on any atom is 0.129 e. The number of allylic oxidation sites excluding steroid dienone is 3. The predicted molar refractivity (Wildman–Crippen MR) is 153 cm³/mol. The van der Waals surface area contributed by atoms with Crippen LogP contribution in [0, 0.1) is 6.92 Å². The van der Waals surface area contributed by atoms with Gasteiger partial charge in [0.25, 0.3) is 0 Å². The van der Waals surface area contributed by atoms with Crippen LogP contribution in [0.3, 0.4) is 0 Å². The molecule has 5 heteroatoms. The Morgan fingerprint density at radius 3 is 2.53 bits per heavy atom. The minimum Gasteiger partial charge on any atom is -0.379 e. The highest BCUT2D eigenvalue weighted by Crippen LogP contribution is 2.37. The second kappa shape index (κ2) is 15.9. The van der Waals surface area contributed by atoms with Crippen LogP contribution in [0.25, 0.3) is 5.57 Å². The van der Waals surface area contributed by atoms with Crippen LogP contribution in [0.15, 0.2) is 47.8 Å². The molecule has 0 spiro atoms. The van der Waals surface area contributed by atoms with Gasteiger partial charge in [-0.2, -0.15) is 0 Å². The number of benzene rings is 1. The Morgan fingerprint density at radius 2 is 1.86 bits per heavy atom. The van der Waals surface area contributed by atoms with Gasteiger partial charge >= 0.3 is 0 Å². The molecule has 0 aliphatic carbocycles. The molecule has 5 nitrogen and oxygen atoms in total. The summed E-state index contributed by atoms with van der Waals surface area (Å²) in [5.74, 6) is 0. The molecule has 0 saturated carbocycles. The molecule has 1 fully saturated rings. The number of unbranched alkanes of at least 4 members (excludes halogenated alkanes) is 1. The summed E-state index contributed by atoms with van der Waals surface area (Å²) in [5, 5.41) is 0. The van der Waals surface area contributed by atoms with Crippen LogP contribution in [-0.2, 0) is 14.2 Å². The third-order valence-electron chi connectivity index (χ3n) is 6.91. The van der Waals surface area contributed by atoms with Gasteiger partial charge < -0.3 is 24.0 Å². The first kappa shape index (κ1) is 30.1. The van der Waals surface area contributed by atoms with Crippen molar-refractivity contribution in [1.29, 1.82) is 0 Å². The average molecular weight is 499 g/mol. The molecule has 0 bridgehead atoms. The van der Waals surface area contributed by atoms with E-state index in [4.69, 9.17) is 14.2 Å². The Bertz CT molecular complexity index is 884.